The number of rotatable bonds is 4. The fourth-order valence-electron chi connectivity index (χ4n) is 3.37. The van der Waals surface area contributed by atoms with Gasteiger partial charge < -0.3 is 10.0 Å². The molecule has 1 aliphatic rings. The molecule has 1 aliphatic heterocycles. The molecule has 0 bridgehead atoms. The molecule has 0 unspecified atom stereocenters. The van der Waals surface area contributed by atoms with Crippen LogP contribution in [0.1, 0.15) is 29.8 Å². The molecule has 0 saturated carbocycles. The van der Waals surface area contributed by atoms with Gasteiger partial charge in [0.1, 0.15) is 5.82 Å². The SMILES string of the molecule is Cc1c(Cl)c(C(F)(F)F)nn1C=CC(=O)N1CCC(O)(Cc2ccc(F)cc2)CC1. The summed E-state index contributed by atoms with van der Waals surface area (Å²) < 4.78 is 52.6. The molecule has 2 heterocycles. The first-order chi connectivity index (χ1) is 14.0. The van der Waals surface area contributed by atoms with Gasteiger partial charge in [-0.05, 0) is 37.5 Å². The van der Waals surface area contributed by atoms with Crippen molar-refractivity contribution in [3.63, 3.8) is 0 Å². The summed E-state index contributed by atoms with van der Waals surface area (Å²) in [7, 11) is 0. The fourth-order valence-corrected chi connectivity index (χ4v) is 3.60. The second-order valence-corrected chi connectivity index (χ2v) is 7.74. The lowest BCUT2D eigenvalue weighted by Crippen LogP contribution is -2.47. The molecule has 1 N–H and O–H groups in total. The lowest BCUT2D eigenvalue weighted by Gasteiger charge is -2.38. The largest absolute Gasteiger partial charge is 0.436 e. The maximum absolute atomic E-state index is 13.0. The molecule has 0 spiro atoms. The number of hydrogen-bond donors (Lipinski definition) is 1. The van der Waals surface area contributed by atoms with E-state index in [1.165, 1.54) is 24.0 Å². The van der Waals surface area contributed by atoms with Gasteiger partial charge in [-0.3, -0.25) is 4.79 Å². The standard InChI is InChI=1S/C20H20ClF4N3O2/c1-13-17(21)18(20(23,24)25)26-28(13)9-6-16(29)27-10-7-19(30,8-11-27)12-14-2-4-15(22)5-3-14/h2-6,9,30H,7-8,10-12H2,1H3. The average molecular weight is 446 g/mol. The highest BCUT2D eigenvalue weighted by molar-refractivity contribution is 6.32. The van der Waals surface area contributed by atoms with E-state index in [0.717, 1.165) is 22.5 Å². The van der Waals surface area contributed by atoms with Gasteiger partial charge in [-0.25, -0.2) is 9.07 Å². The summed E-state index contributed by atoms with van der Waals surface area (Å²) in [6.07, 6.45) is -1.42. The highest BCUT2D eigenvalue weighted by atomic mass is 35.5. The first-order valence-electron chi connectivity index (χ1n) is 9.24. The second kappa shape index (κ2) is 8.39. The van der Waals surface area contributed by atoms with Crippen LogP contribution in [0.25, 0.3) is 6.20 Å². The molecule has 2 aromatic rings. The van der Waals surface area contributed by atoms with Crippen LogP contribution in [0.15, 0.2) is 30.3 Å². The molecule has 1 saturated heterocycles. The number of amides is 1. The smallest absolute Gasteiger partial charge is 0.389 e. The molecular weight excluding hydrogens is 426 g/mol. The Bertz CT molecular complexity index is 946. The number of benzene rings is 1. The third-order valence-electron chi connectivity index (χ3n) is 5.16. The highest BCUT2D eigenvalue weighted by Gasteiger charge is 2.38. The third-order valence-corrected chi connectivity index (χ3v) is 5.61. The first-order valence-corrected chi connectivity index (χ1v) is 9.62. The van der Waals surface area contributed by atoms with Crippen LogP contribution in [0.2, 0.25) is 5.02 Å². The van der Waals surface area contributed by atoms with Gasteiger partial charge in [0.25, 0.3) is 0 Å². The monoisotopic (exact) mass is 445 g/mol. The minimum absolute atomic E-state index is 0.0698. The van der Waals surface area contributed by atoms with Crippen molar-refractivity contribution in [2.45, 2.75) is 38.0 Å². The Morgan fingerprint density at radius 3 is 2.40 bits per heavy atom. The lowest BCUT2D eigenvalue weighted by molar-refractivity contribution is -0.141. The van der Waals surface area contributed by atoms with Crippen LogP contribution in [0.3, 0.4) is 0 Å². The van der Waals surface area contributed by atoms with Crippen LogP contribution in [0.5, 0.6) is 0 Å². The quantitative estimate of drug-likeness (QED) is 0.570. The van der Waals surface area contributed by atoms with Crippen molar-refractivity contribution in [2.75, 3.05) is 13.1 Å². The zero-order valence-electron chi connectivity index (χ0n) is 16.1. The molecule has 10 heteroatoms. The summed E-state index contributed by atoms with van der Waals surface area (Å²) in [5.74, 6) is -0.757. The number of aliphatic hydroxyl groups is 1. The Balaban J connectivity index is 1.61. The number of halogens is 5. The first kappa shape index (κ1) is 22.3. The topological polar surface area (TPSA) is 58.4 Å². The number of likely N-dealkylation sites (tertiary alicyclic amines) is 1. The van der Waals surface area contributed by atoms with E-state index in [9.17, 15) is 27.5 Å². The second-order valence-electron chi connectivity index (χ2n) is 7.36. The summed E-state index contributed by atoms with van der Waals surface area (Å²) in [6.45, 7) is 1.94. The molecule has 1 amide bonds. The van der Waals surface area contributed by atoms with Crippen molar-refractivity contribution in [2.24, 2.45) is 0 Å². The van der Waals surface area contributed by atoms with Crippen LogP contribution in [-0.2, 0) is 17.4 Å². The van der Waals surface area contributed by atoms with E-state index in [1.54, 1.807) is 12.1 Å². The van der Waals surface area contributed by atoms with Crippen LogP contribution < -0.4 is 0 Å². The molecule has 5 nitrogen and oxygen atoms in total. The number of alkyl halides is 3. The number of piperidine rings is 1. The predicted octanol–water partition coefficient (Wildman–Crippen LogP) is 4.07. The normalized spacial score (nSPS) is 17.0. The van der Waals surface area contributed by atoms with Gasteiger partial charge in [-0.1, -0.05) is 23.7 Å². The molecule has 0 radical (unpaired) electrons. The van der Waals surface area contributed by atoms with Crippen molar-refractivity contribution in [3.05, 3.63) is 58.1 Å². The zero-order valence-corrected chi connectivity index (χ0v) is 16.8. The molecule has 3 rings (SSSR count). The van der Waals surface area contributed by atoms with E-state index in [-0.39, 0.29) is 24.6 Å². The van der Waals surface area contributed by atoms with E-state index in [4.69, 9.17) is 11.6 Å². The molecule has 162 valence electrons. The minimum atomic E-state index is -4.69. The van der Waals surface area contributed by atoms with E-state index < -0.39 is 28.4 Å². The van der Waals surface area contributed by atoms with Gasteiger partial charge in [0.05, 0.1) is 16.3 Å². The molecule has 0 aliphatic carbocycles. The number of nitrogens with zero attached hydrogens (tertiary/aromatic N) is 3. The molecular formula is C20H20ClF4N3O2. The lowest BCUT2D eigenvalue weighted by atomic mass is 9.85. The van der Waals surface area contributed by atoms with Crippen LogP contribution in [0, 0.1) is 12.7 Å². The van der Waals surface area contributed by atoms with Gasteiger partial charge >= 0.3 is 6.18 Å². The summed E-state index contributed by atoms with van der Waals surface area (Å²) in [5, 5.41) is 13.7. The van der Waals surface area contributed by atoms with Gasteiger partial charge in [0, 0.05) is 31.8 Å². The maximum Gasteiger partial charge on any atom is 0.436 e. The summed E-state index contributed by atoms with van der Waals surface area (Å²) in [5.41, 5.74) is -1.35. The van der Waals surface area contributed by atoms with Crippen LogP contribution in [-0.4, -0.2) is 44.4 Å². The Morgan fingerprint density at radius 1 is 1.27 bits per heavy atom. The van der Waals surface area contributed by atoms with Crippen molar-refractivity contribution >= 4 is 23.7 Å². The summed E-state index contributed by atoms with van der Waals surface area (Å²) in [4.78, 5) is 13.9. The van der Waals surface area contributed by atoms with Crippen LogP contribution >= 0.6 is 11.6 Å². The highest BCUT2D eigenvalue weighted by Crippen LogP contribution is 2.35. The molecule has 1 aromatic carbocycles. The van der Waals surface area contributed by atoms with E-state index in [1.807, 2.05) is 0 Å². The van der Waals surface area contributed by atoms with E-state index in [2.05, 4.69) is 5.10 Å². The van der Waals surface area contributed by atoms with Gasteiger partial charge in [-0.15, -0.1) is 0 Å². The van der Waals surface area contributed by atoms with Crippen molar-refractivity contribution in [1.29, 1.82) is 0 Å². The molecule has 30 heavy (non-hydrogen) atoms. The number of carbonyl (C=O) groups excluding carboxylic acids is 1. The Morgan fingerprint density at radius 2 is 1.87 bits per heavy atom. The Hall–Kier alpha value is -2.39. The van der Waals surface area contributed by atoms with Gasteiger partial charge in [-0.2, -0.15) is 18.3 Å². The maximum atomic E-state index is 13.0. The Kier molecular flexibility index (Phi) is 6.24. The summed E-state index contributed by atoms with van der Waals surface area (Å²) in [6, 6.07) is 5.88. The van der Waals surface area contributed by atoms with E-state index in [0.29, 0.717) is 19.3 Å². The van der Waals surface area contributed by atoms with Gasteiger partial charge in [0.15, 0.2) is 5.69 Å². The number of carbonyl (C=O) groups is 1. The molecule has 1 aromatic heterocycles. The van der Waals surface area contributed by atoms with Crippen molar-refractivity contribution < 1.29 is 27.5 Å². The molecule has 1 fully saturated rings. The number of aromatic nitrogens is 2. The minimum Gasteiger partial charge on any atom is -0.389 e. The van der Waals surface area contributed by atoms with Gasteiger partial charge in [0.2, 0.25) is 5.91 Å². The molecule has 0 atom stereocenters. The summed E-state index contributed by atoms with van der Waals surface area (Å²) >= 11 is 5.69. The Labute approximate surface area is 175 Å². The van der Waals surface area contributed by atoms with Crippen molar-refractivity contribution in [3.8, 4) is 0 Å². The van der Waals surface area contributed by atoms with E-state index >= 15 is 0 Å². The average Bonchev–Trinajstić information content (AvgIpc) is 2.97. The predicted molar refractivity (Wildman–Crippen MR) is 103 cm³/mol. The van der Waals surface area contributed by atoms with Crippen LogP contribution in [0.4, 0.5) is 17.6 Å². The number of hydrogen-bond acceptors (Lipinski definition) is 3. The third kappa shape index (κ3) is 5.02. The van der Waals surface area contributed by atoms with Crippen molar-refractivity contribution in [1.82, 2.24) is 14.7 Å². The zero-order chi connectivity index (χ0) is 22.1. The fraction of sp³-hybridized carbons (Fsp3) is 0.400.